The second kappa shape index (κ2) is 8.91. The first-order valence-corrected chi connectivity index (χ1v) is 10.8. The summed E-state index contributed by atoms with van der Waals surface area (Å²) < 4.78 is 1.84. The molecule has 1 aliphatic carbocycles. The predicted octanol–water partition coefficient (Wildman–Crippen LogP) is 3.85. The minimum Gasteiger partial charge on any atom is -0.350 e. The molecular formula is C23H32N4O. The smallest absolute Gasteiger partial charge is 0.254 e. The number of benzene rings is 1. The lowest BCUT2D eigenvalue weighted by molar-refractivity contribution is 0.0326. The molecule has 4 rings (SSSR count). The second-order valence-corrected chi connectivity index (χ2v) is 8.43. The third-order valence-electron chi connectivity index (χ3n) is 6.47. The fraction of sp³-hybridized carbons (Fsp3) is 0.565. The number of aromatic nitrogens is 2. The van der Waals surface area contributed by atoms with Crippen LogP contribution in [0.3, 0.4) is 0 Å². The minimum absolute atomic E-state index is 0.00118. The van der Waals surface area contributed by atoms with Gasteiger partial charge < -0.3 is 5.32 Å². The summed E-state index contributed by atoms with van der Waals surface area (Å²) in [7, 11) is 0. The van der Waals surface area contributed by atoms with Crippen LogP contribution in [0.5, 0.6) is 0 Å². The molecule has 0 radical (unpaired) electrons. The molecule has 5 heteroatoms. The molecule has 1 N–H and O–H groups in total. The van der Waals surface area contributed by atoms with E-state index >= 15 is 0 Å². The van der Waals surface area contributed by atoms with Crippen molar-refractivity contribution < 1.29 is 4.79 Å². The van der Waals surface area contributed by atoms with Crippen molar-refractivity contribution in [2.24, 2.45) is 0 Å². The van der Waals surface area contributed by atoms with E-state index in [1.807, 2.05) is 29.1 Å². The number of hydrogen-bond donors (Lipinski definition) is 1. The molecular weight excluding hydrogens is 348 g/mol. The molecule has 1 saturated heterocycles. The van der Waals surface area contributed by atoms with Crippen LogP contribution in [0.2, 0.25) is 0 Å². The van der Waals surface area contributed by atoms with E-state index in [-0.39, 0.29) is 11.4 Å². The van der Waals surface area contributed by atoms with Crippen LogP contribution in [-0.4, -0.2) is 45.8 Å². The molecule has 2 aromatic rings. The van der Waals surface area contributed by atoms with Gasteiger partial charge in [-0.2, -0.15) is 5.10 Å². The van der Waals surface area contributed by atoms with Crippen molar-refractivity contribution in [3.8, 4) is 0 Å². The van der Waals surface area contributed by atoms with Gasteiger partial charge >= 0.3 is 0 Å². The van der Waals surface area contributed by atoms with Gasteiger partial charge in [0.2, 0.25) is 0 Å². The highest BCUT2D eigenvalue weighted by Crippen LogP contribution is 2.35. The lowest BCUT2D eigenvalue weighted by Crippen LogP contribution is -2.58. The van der Waals surface area contributed by atoms with Crippen LogP contribution in [0.4, 0.5) is 0 Å². The van der Waals surface area contributed by atoms with Gasteiger partial charge in [-0.3, -0.25) is 14.4 Å². The monoisotopic (exact) mass is 380 g/mol. The molecule has 1 aliphatic heterocycles. The van der Waals surface area contributed by atoms with Crippen LogP contribution in [0.1, 0.15) is 67.3 Å². The van der Waals surface area contributed by atoms with E-state index in [9.17, 15) is 4.79 Å². The van der Waals surface area contributed by atoms with E-state index in [4.69, 9.17) is 0 Å². The van der Waals surface area contributed by atoms with Crippen molar-refractivity contribution >= 4 is 5.91 Å². The molecule has 1 aromatic heterocycles. The highest BCUT2D eigenvalue weighted by atomic mass is 16.1. The van der Waals surface area contributed by atoms with Crippen molar-refractivity contribution in [3.05, 3.63) is 53.9 Å². The predicted molar refractivity (Wildman–Crippen MR) is 111 cm³/mol. The standard InChI is InChI=1S/C23H32N4O/c28-22(21-16-25-27(18-21)17-20-10-4-1-5-11-20)24-19-23(12-6-2-7-13-23)26-14-8-3-9-15-26/h1,4-5,10-11,16,18H,2-3,6-9,12-15,17,19H2,(H,24,28). The van der Waals surface area contributed by atoms with Gasteiger partial charge in [0.1, 0.15) is 0 Å². The number of nitrogens with zero attached hydrogens (tertiary/aromatic N) is 3. The summed E-state index contributed by atoms with van der Waals surface area (Å²) in [5.74, 6) is 0.00118. The average Bonchev–Trinajstić information content (AvgIpc) is 3.23. The van der Waals surface area contributed by atoms with Crippen molar-refractivity contribution in [1.29, 1.82) is 0 Å². The highest BCUT2D eigenvalue weighted by Gasteiger charge is 2.38. The molecule has 0 spiro atoms. The van der Waals surface area contributed by atoms with E-state index in [0.29, 0.717) is 12.1 Å². The maximum Gasteiger partial charge on any atom is 0.254 e. The van der Waals surface area contributed by atoms with Gasteiger partial charge in [0.05, 0.1) is 18.3 Å². The Labute approximate surface area is 168 Å². The Hall–Kier alpha value is -2.14. The Balaban J connectivity index is 1.38. The van der Waals surface area contributed by atoms with Crippen molar-refractivity contribution in [3.63, 3.8) is 0 Å². The van der Waals surface area contributed by atoms with Gasteiger partial charge in [-0.25, -0.2) is 0 Å². The van der Waals surface area contributed by atoms with Gasteiger partial charge in [-0.05, 0) is 44.3 Å². The topological polar surface area (TPSA) is 50.2 Å². The molecule has 2 aliphatic rings. The second-order valence-electron chi connectivity index (χ2n) is 8.43. The van der Waals surface area contributed by atoms with Crippen LogP contribution in [0, 0.1) is 0 Å². The van der Waals surface area contributed by atoms with Crippen LogP contribution in [0.25, 0.3) is 0 Å². The third kappa shape index (κ3) is 4.46. The Morgan fingerprint density at radius 2 is 1.71 bits per heavy atom. The SMILES string of the molecule is O=C(NCC1(N2CCCCC2)CCCCC1)c1cnn(Cc2ccccc2)c1. The molecule has 1 saturated carbocycles. The van der Waals surface area contributed by atoms with Crippen LogP contribution < -0.4 is 5.32 Å². The van der Waals surface area contributed by atoms with Gasteiger partial charge in [0.25, 0.3) is 5.91 Å². The summed E-state index contributed by atoms with van der Waals surface area (Å²) in [5.41, 5.74) is 2.00. The number of hydrogen-bond acceptors (Lipinski definition) is 3. The number of carbonyl (C=O) groups excluding carboxylic acids is 1. The van der Waals surface area contributed by atoms with Gasteiger partial charge in [0.15, 0.2) is 0 Å². The van der Waals surface area contributed by atoms with Crippen LogP contribution in [0.15, 0.2) is 42.7 Å². The van der Waals surface area contributed by atoms with Crippen molar-refractivity contribution in [2.45, 2.75) is 63.5 Å². The lowest BCUT2D eigenvalue weighted by Gasteiger charge is -2.48. The molecule has 0 unspecified atom stereocenters. The summed E-state index contributed by atoms with van der Waals surface area (Å²) in [6.45, 7) is 3.82. The minimum atomic E-state index is 0.00118. The molecule has 0 atom stereocenters. The van der Waals surface area contributed by atoms with Gasteiger partial charge in [-0.15, -0.1) is 0 Å². The van der Waals surface area contributed by atoms with E-state index in [2.05, 4.69) is 27.4 Å². The Morgan fingerprint density at radius 3 is 2.46 bits per heavy atom. The lowest BCUT2D eigenvalue weighted by atomic mass is 9.79. The molecule has 28 heavy (non-hydrogen) atoms. The fourth-order valence-electron chi connectivity index (χ4n) is 4.87. The van der Waals surface area contributed by atoms with E-state index in [0.717, 1.165) is 6.54 Å². The molecule has 1 amide bonds. The van der Waals surface area contributed by atoms with Crippen LogP contribution in [-0.2, 0) is 6.54 Å². The van der Waals surface area contributed by atoms with Crippen LogP contribution >= 0.6 is 0 Å². The first-order valence-electron chi connectivity index (χ1n) is 10.8. The van der Waals surface area contributed by atoms with Gasteiger partial charge in [0, 0.05) is 18.3 Å². The first kappa shape index (κ1) is 19.2. The van der Waals surface area contributed by atoms with E-state index < -0.39 is 0 Å². The average molecular weight is 381 g/mol. The van der Waals surface area contributed by atoms with Crippen molar-refractivity contribution in [1.82, 2.24) is 20.0 Å². The normalized spacial score (nSPS) is 20.0. The summed E-state index contributed by atoms with van der Waals surface area (Å²) in [5, 5.41) is 7.63. The quantitative estimate of drug-likeness (QED) is 0.828. The number of likely N-dealkylation sites (tertiary alicyclic amines) is 1. The third-order valence-corrected chi connectivity index (χ3v) is 6.47. The maximum atomic E-state index is 12.8. The number of nitrogens with one attached hydrogen (secondary N) is 1. The largest absolute Gasteiger partial charge is 0.350 e. The highest BCUT2D eigenvalue weighted by molar-refractivity contribution is 5.93. The van der Waals surface area contributed by atoms with E-state index in [1.165, 1.54) is 70.0 Å². The number of carbonyl (C=O) groups is 1. The maximum absolute atomic E-state index is 12.8. The summed E-state index contributed by atoms with van der Waals surface area (Å²) in [6, 6.07) is 10.2. The molecule has 0 bridgehead atoms. The zero-order valence-corrected chi connectivity index (χ0v) is 16.8. The number of piperidine rings is 1. The number of amides is 1. The Kier molecular flexibility index (Phi) is 6.10. The summed E-state index contributed by atoms with van der Waals surface area (Å²) in [4.78, 5) is 15.5. The summed E-state index contributed by atoms with van der Waals surface area (Å²) in [6.07, 6.45) is 13.8. The van der Waals surface area contributed by atoms with Gasteiger partial charge in [-0.1, -0.05) is 56.0 Å². The molecule has 2 fully saturated rings. The zero-order valence-electron chi connectivity index (χ0n) is 16.8. The molecule has 1 aromatic carbocycles. The fourth-order valence-corrected chi connectivity index (χ4v) is 4.87. The Bertz CT molecular complexity index is 758. The Morgan fingerprint density at radius 1 is 1.00 bits per heavy atom. The van der Waals surface area contributed by atoms with Crippen molar-refractivity contribution in [2.75, 3.05) is 19.6 Å². The summed E-state index contributed by atoms with van der Waals surface area (Å²) >= 11 is 0. The molecule has 5 nitrogen and oxygen atoms in total. The molecule has 2 heterocycles. The molecule has 150 valence electrons. The number of rotatable bonds is 6. The van der Waals surface area contributed by atoms with E-state index in [1.54, 1.807) is 6.20 Å². The zero-order chi connectivity index (χ0) is 19.2. The first-order chi connectivity index (χ1) is 13.8.